The van der Waals surface area contributed by atoms with E-state index in [1.807, 2.05) is 12.1 Å². The van der Waals surface area contributed by atoms with Gasteiger partial charge in [-0.1, -0.05) is 23.7 Å². The Morgan fingerprint density at radius 1 is 1.11 bits per heavy atom. The molecule has 11 nitrogen and oxygen atoms in total. The van der Waals surface area contributed by atoms with Crippen molar-refractivity contribution in [2.75, 3.05) is 38.2 Å². The lowest BCUT2D eigenvalue weighted by molar-refractivity contribution is 0.0926. The first-order chi connectivity index (χ1) is 22.0. The van der Waals surface area contributed by atoms with Crippen LogP contribution in [0.4, 0.5) is 18.7 Å². The lowest BCUT2D eigenvalue weighted by Crippen LogP contribution is -2.44. The van der Waals surface area contributed by atoms with E-state index in [9.17, 15) is 22.7 Å². The van der Waals surface area contributed by atoms with Crippen molar-refractivity contribution < 1.29 is 41.3 Å². The van der Waals surface area contributed by atoms with Crippen LogP contribution in [0.2, 0.25) is 5.02 Å². The van der Waals surface area contributed by atoms with Gasteiger partial charge in [-0.2, -0.15) is 4.37 Å². The van der Waals surface area contributed by atoms with E-state index in [1.54, 1.807) is 30.3 Å². The van der Waals surface area contributed by atoms with Crippen LogP contribution < -0.4 is 18.5 Å². The van der Waals surface area contributed by atoms with E-state index in [1.165, 1.54) is 19.1 Å². The second kappa shape index (κ2) is 14.1. The number of hydrogen-bond donors (Lipinski definition) is 1. The average molecular weight is 695 g/mol. The lowest BCUT2D eigenvalue weighted by atomic mass is 9.81. The molecular weight excluding hydrogens is 666 g/mol. The predicted molar refractivity (Wildman–Crippen MR) is 167 cm³/mol. The first-order valence-electron chi connectivity index (χ1n) is 13.9. The number of amides is 1. The largest absolute Gasteiger partial charge is 0.497 e. The third kappa shape index (κ3) is 7.11. The van der Waals surface area contributed by atoms with E-state index in [2.05, 4.69) is 9.36 Å². The smallest absolute Gasteiger partial charge is 0.407 e. The Morgan fingerprint density at radius 2 is 1.87 bits per heavy atom. The van der Waals surface area contributed by atoms with Gasteiger partial charge in [0.15, 0.2) is 11.6 Å². The van der Waals surface area contributed by atoms with Gasteiger partial charge in [-0.05, 0) is 48.2 Å². The normalized spacial score (nSPS) is 16.6. The number of methoxy groups -OCH3 is 2. The Balaban J connectivity index is 1.47. The molecule has 0 aliphatic carbocycles. The number of halogens is 3. The van der Waals surface area contributed by atoms with Gasteiger partial charge in [0.05, 0.1) is 27.4 Å². The van der Waals surface area contributed by atoms with Gasteiger partial charge in [0, 0.05) is 53.3 Å². The van der Waals surface area contributed by atoms with Gasteiger partial charge in [0.25, 0.3) is 10.0 Å². The second-order valence-electron chi connectivity index (χ2n) is 10.4. The van der Waals surface area contributed by atoms with Gasteiger partial charge in [0.2, 0.25) is 5.13 Å². The number of carbonyl (C=O) groups is 1. The van der Waals surface area contributed by atoms with Crippen LogP contribution in [0.25, 0.3) is 0 Å². The molecule has 5 rings (SSSR count). The highest BCUT2D eigenvalue weighted by Gasteiger charge is 2.35. The molecule has 1 saturated heterocycles. The van der Waals surface area contributed by atoms with Crippen molar-refractivity contribution in [1.29, 1.82) is 0 Å². The molecule has 4 aromatic rings. The van der Waals surface area contributed by atoms with Gasteiger partial charge in [-0.25, -0.2) is 31.3 Å². The summed E-state index contributed by atoms with van der Waals surface area (Å²) in [6.45, 7) is -0.234. The number of hydrogen-bond acceptors (Lipinski definition) is 9. The van der Waals surface area contributed by atoms with Crippen molar-refractivity contribution in [2.24, 2.45) is 5.92 Å². The van der Waals surface area contributed by atoms with Crippen LogP contribution in [0.5, 0.6) is 17.2 Å². The molecule has 1 aliphatic heterocycles. The molecule has 1 N–H and O–H groups in total. The fraction of sp³-hybridized carbons (Fsp3) is 0.300. The molecule has 2 atom stereocenters. The van der Waals surface area contributed by atoms with E-state index < -0.39 is 44.3 Å². The maximum Gasteiger partial charge on any atom is 0.407 e. The Morgan fingerprint density at radius 3 is 2.52 bits per heavy atom. The number of aromatic nitrogens is 2. The van der Waals surface area contributed by atoms with Crippen molar-refractivity contribution in [1.82, 2.24) is 14.3 Å². The number of sulfonamides is 1. The molecular formula is C30H29ClF2N4O7S2. The van der Waals surface area contributed by atoms with Crippen molar-refractivity contribution in [2.45, 2.75) is 23.8 Å². The second-order valence-corrected chi connectivity index (χ2v) is 13.4. The minimum atomic E-state index is -4.80. The molecule has 1 aliphatic rings. The number of piperidine rings is 1. The minimum absolute atomic E-state index is 0.0687. The third-order valence-electron chi connectivity index (χ3n) is 7.67. The molecule has 1 unspecified atom stereocenters. The zero-order valence-corrected chi connectivity index (χ0v) is 27.0. The van der Waals surface area contributed by atoms with Crippen molar-refractivity contribution in [3.63, 3.8) is 0 Å². The molecule has 244 valence electrons. The average Bonchev–Trinajstić information content (AvgIpc) is 3.58. The monoisotopic (exact) mass is 694 g/mol. The van der Waals surface area contributed by atoms with E-state index in [-0.39, 0.29) is 37.3 Å². The number of ether oxygens (including phenoxy) is 3. The highest BCUT2D eigenvalue weighted by atomic mass is 35.5. The standard InChI is InChI=1S/C30H29ClF2N4O7S2/c1-42-23-8-5-19(25(13-23)43-2)15-37(29-34-17-35-45-29)46(40,41)27-12-22(32)11-26(28(27)33)44-16-20-14-36(30(38)39)10-9-24(20)18-3-6-21(31)7-4-18/h3-8,11-13,17,20,24H,9-10,14-16H2,1-2H3,(H,38,39)/t20?,24-/m1/s1. The molecule has 0 radical (unpaired) electrons. The maximum atomic E-state index is 16.1. The minimum Gasteiger partial charge on any atom is -0.497 e. The van der Waals surface area contributed by atoms with Crippen LogP contribution in [0.3, 0.4) is 0 Å². The molecule has 1 aromatic heterocycles. The number of nitrogens with zero attached hydrogens (tertiary/aromatic N) is 4. The van der Waals surface area contributed by atoms with Crippen LogP contribution in [-0.4, -0.2) is 67.8 Å². The fourth-order valence-corrected chi connectivity index (χ4v) is 7.69. The molecule has 0 saturated carbocycles. The van der Waals surface area contributed by atoms with Crippen molar-refractivity contribution >= 4 is 44.4 Å². The van der Waals surface area contributed by atoms with Crippen LogP contribution in [-0.2, 0) is 16.6 Å². The summed E-state index contributed by atoms with van der Waals surface area (Å²) in [6.07, 6.45) is 0.486. The van der Waals surface area contributed by atoms with Crippen molar-refractivity contribution in [3.05, 3.63) is 88.7 Å². The first kappa shape index (κ1) is 33.2. The number of anilines is 1. The van der Waals surface area contributed by atoms with Crippen LogP contribution in [0, 0.1) is 17.6 Å². The molecule has 3 aromatic carbocycles. The fourth-order valence-electron chi connectivity index (χ4n) is 5.34. The van der Waals surface area contributed by atoms with Gasteiger partial charge in [0.1, 0.15) is 28.5 Å². The molecule has 0 spiro atoms. The molecule has 0 bridgehead atoms. The Labute approximate surface area is 273 Å². The van der Waals surface area contributed by atoms with E-state index in [0.717, 1.165) is 33.8 Å². The summed E-state index contributed by atoms with van der Waals surface area (Å²) in [7, 11) is -1.93. The Hall–Kier alpha value is -4.21. The molecule has 46 heavy (non-hydrogen) atoms. The Kier molecular flexibility index (Phi) is 10.1. The summed E-state index contributed by atoms with van der Waals surface area (Å²) in [6, 6.07) is 13.1. The number of benzene rings is 3. The summed E-state index contributed by atoms with van der Waals surface area (Å²) >= 11 is 6.80. The van der Waals surface area contributed by atoms with Crippen LogP contribution in [0.15, 0.2) is 65.8 Å². The van der Waals surface area contributed by atoms with Crippen molar-refractivity contribution in [3.8, 4) is 17.2 Å². The third-order valence-corrected chi connectivity index (χ3v) is 10.5. The highest BCUT2D eigenvalue weighted by molar-refractivity contribution is 7.93. The summed E-state index contributed by atoms with van der Waals surface area (Å²) in [4.78, 5) is 16.0. The molecule has 1 fully saturated rings. The summed E-state index contributed by atoms with van der Waals surface area (Å²) < 4.78 is 80.2. The quantitative estimate of drug-likeness (QED) is 0.200. The number of carboxylic acid groups (broad SMARTS) is 1. The van der Waals surface area contributed by atoms with Gasteiger partial charge in [-0.15, -0.1) is 0 Å². The number of rotatable bonds is 11. The van der Waals surface area contributed by atoms with E-state index in [0.29, 0.717) is 34.6 Å². The van der Waals surface area contributed by atoms with Gasteiger partial charge >= 0.3 is 6.09 Å². The SMILES string of the molecule is COc1ccc(CN(c2ncns2)S(=O)(=O)c2cc(F)cc(OCC3CN(C(=O)O)CC[C@@H]3c3ccc(Cl)cc3)c2F)c(OC)c1. The molecule has 16 heteroatoms. The highest BCUT2D eigenvalue weighted by Crippen LogP contribution is 2.37. The molecule has 1 amide bonds. The van der Waals surface area contributed by atoms with Crippen LogP contribution >= 0.6 is 23.1 Å². The van der Waals surface area contributed by atoms with E-state index in [4.69, 9.17) is 25.8 Å². The summed E-state index contributed by atoms with van der Waals surface area (Å²) in [5, 5.41) is 10.0. The number of likely N-dealkylation sites (tertiary alicyclic amines) is 1. The zero-order valence-electron chi connectivity index (χ0n) is 24.6. The lowest BCUT2D eigenvalue weighted by Gasteiger charge is -2.37. The van der Waals surface area contributed by atoms with E-state index >= 15 is 4.39 Å². The Bertz CT molecular complexity index is 1800. The van der Waals surface area contributed by atoms with Gasteiger partial charge in [-0.3, -0.25) is 0 Å². The maximum absolute atomic E-state index is 16.1. The topological polar surface area (TPSA) is 131 Å². The van der Waals surface area contributed by atoms with Crippen LogP contribution in [0.1, 0.15) is 23.5 Å². The predicted octanol–water partition coefficient (Wildman–Crippen LogP) is 6.04. The summed E-state index contributed by atoms with van der Waals surface area (Å²) in [5.74, 6) is -2.89. The molecule has 2 heterocycles. The summed E-state index contributed by atoms with van der Waals surface area (Å²) in [5.41, 5.74) is 1.27. The zero-order chi connectivity index (χ0) is 33.0. The first-order valence-corrected chi connectivity index (χ1v) is 16.5. The van der Waals surface area contributed by atoms with Gasteiger partial charge < -0.3 is 24.2 Å².